The Bertz CT molecular complexity index is 366. The van der Waals surface area contributed by atoms with Gasteiger partial charge in [-0.05, 0) is 0 Å². The molecular formula is C10H16N4O2. The van der Waals surface area contributed by atoms with E-state index in [1.807, 2.05) is 13.8 Å². The Hall–Kier alpha value is -2.11. The SMILES string of the molecule is C=CCNc1c(N)cncc1[N+](=O)[O-].CC. The Morgan fingerprint density at radius 2 is 2.25 bits per heavy atom. The van der Waals surface area contributed by atoms with E-state index in [-0.39, 0.29) is 17.1 Å². The van der Waals surface area contributed by atoms with Crippen molar-refractivity contribution in [3.63, 3.8) is 0 Å². The number of nitrogens with two attached hydrogens (primary N) is 1. The standard InChI is InChI=1S/C8H10N4O2.C2H6/c1-2-3-11-8-6(9)4-10-5-7(8)12(13)14;1-2/h2,4-5H,1,3,9H2,(H,10,11);1-2H3. The first kappa shape index (κ1) is 13.9. The Morgan fingerprint density at radius 3 is 2.75 bits per heavy atom. The molecule has 1 aromatic heterocycles. The number of hydrogen-bond acceptors (Lipinski definition) is 5. The van der Waals surface area contributed by atoms with E-state index < -0.39 is 4.92 Å². The molecule has 1 aromatic rings. The highest BCUT2D eigenvalue weighted by Crippen LogP contribution is 2.28. The molecule has 1 rings (SSSR count). The van der Waals surface area contributed by atoms with Crippen LogP contribution in [0.5, 0.6) is 0 Å². The molecule has 0 unspecified atom stereocenters. The Balaban J connectivity index is 0.00000106. The second-order valence-electron chi connectivity index (χ2n) is 2.55. The monoisotopic (exact) mass is 224 g/mol. The molecule has 0 aliphatic carbocycles. The Morgan fingerprint density at radius 1 is 1.62 bits per heavy atom. The quantitative estimate of drug-likeness (QED) is 0.464. The topological polar surface area (TPSA) is 94.1 Å². The van der Waals surface area contributed by atoms with Crippen LogP contribution in [0.3, 0.4) is 0 Å². The van der Waals surface area contributed by atoms with Crippen LogP contribution >= 0.6 is 0 Å². The summed E-state index contributed by atoms with van der Waals surface area (Å²) in [4.78, 5) is 13.7. The third-order valence-electron chi connectivity index (χ3n) is 1.58. The molecule has 0 atom stereocenters. The van der Waals surface area contributed by atoms with E-state index in [0.29, 0.717) is 6.54 Å². The molecule has 0 fully saturated rings. The predicted molar refractivity (Wildman–Crippen MR) is 65.3 cm³/mol. The van der Waals surface area contributed by atoms with Gasteiger partial charge >= 0.3 is 5.69 Å². The second kappa shape index (κ2) is 7.22. The summed E-state index contributed by atoms with van der Waals surface area (Å²) in [5, 5.41) is 13.4. The van der Waals surface area contributed by atoms with Gasteiger partial charge in [-0.15, -0.1) is 6.58 Å². The molecule has 88 valence electrons. The summed E-state index contributed by atoms with van der Waals surface area (Å²) >= 11 is 0. The van der Waals surface area contributed by atoms with E-state index in [0.717, 1.165) is 6.20 Å². The maximum atomic E-state index is 10.6. The van der Waals surface area contributed by atoms with Gasteiger partial charge in [-0.1, -0.05) is 19.9 Å². The van der Waals surface area contributed by atoms with Crippen molar-refractivity contribution in [2.24, 2.45) is 0 Å². The molecular weight excluding hydrogens is 208 g/mol. The number of aromatic nitrogens is 1. The molecule has 16 heavy (non-hydrogen) atoms. The molecule has 3 N–H and O–H groups in total. The van der Waals surface area contributed by atoms with Crippen molar-refractivity contribution in [3.05, 3.63) is 35.2 Å². The lowest BCUT2D eigenvalue weighted by Crippen LogP contribution is -2.05. The smallest absolute Gasteiger partial charge is 0.312 e. The van der Waals surface area contributed by atoms with E-state index >= 15 is 0 Å². The maximum absolute atomic E-state index is 10.6. The molecule has 0 aliphatic heterocycles. The number of nitro groups is 1. The first-order chi connectivity index (χ1) is 7.66. The lowest BCUT2D eigenvalue weighted by Gasteiger charge is -2.06. The van der Waals surface area contributed by atoms with Gasteiger partial charge in [0.2, 0.25) is 0 Å². The number of rotatable bonds is 4. The van der Waals surface area contributed by atoms with Crippen LogP contribution < -0.4 is 11.1 Å². The first-order valence-electron chi connectivity index (χ1n) is 4.89. The summed E-state index contributed by atoms with van der Waals surface area (Å²) in [6.45, 7) is 7.90. The highest BCUT2D eigenvalue weighted by Gasteiger charge is 2.15. The van der Waals surface area contributed by atoms with Crippen molar-refractivity contribution >= 4 is 17.1 Å². The highest BCUT2D eigenvalue weighted by molar-refractivity contribution is 5.75. The molecule has 0 saturated heterocycles. The average Bonchev–Trinajstić information content (AvgIpc) is 2.29. The van der Waals surface area contributed by atoms with Gasteiger partial charge in [0.1, 0.15) is 11.9 Å². The number of pyridine rings is 1. The molecule has 0 radical (unpaired) electrons. The maximum Gasteiger partial charge on any atom is 0.312 e. The normalized spacial score (nSPS) is 8.62. The molecule has 0 saturated carbocycles. The van der Waals surface area contributed by atoms with Crippen LogP contribution in [0.1, 0.15) is 13.8 Å². The molecule has 0 bridgehead atoms. The summed E-state index contributed by atoms with van der Waals surface area (Å²) < 4.78 is 0. The predicted octanol–water partition coefficient (Wildman–Crippen LogP) is 2.20. The van der Waals surface area contributed by atoms with Crippen LogP contribution in [-0.4, -0.2) is 16.5 Å². The van der Waals surface area contributed by atoms with Gasteiger partial charge in [0.25, 0.3) is 0 Å². The van der Waals surface area contributed by atoms with Crippen LogP contribution in [0.4, 0.5) is 17.1 Å². The zero-order chi connectivity index (χ0) is 12.6. The number of anilines is 2. The number of nitrogens with zero attached hydrogens (tertiary/aromatic N) is 2. The fourth-order valence-corrected chi connectivity index (χ4v) is 0.970. The fraction of sp³-hybridized carbons (Fsp3) is 0.300. The minimum atomic E-state index is -0.533. The van der Waals surface area contributed by atoms with Crippen molar-refractivity contribution in [2.45, 2.75) is 13.8 Å². The fourth-order valence-electron chi connectivity index (χ4n) is 0.970. The van der Waals surface area contributed by atoms with Gasteiger partial charge in [-0.25, -0.2) is 0 Å². The van der Waals surface area contributed by atoms with E-state index in [1.54, 1.807) is 6.08 Å². The van der Waals surface area contributed by atoms with Crippen LogP contribution in [0.2, 0.25) is 0 Å². The van der Waals surface area contributed by atoms with Crippen LogP contribution in [0.15, 0.2) is 25.0 Å². The molecule has 0 aromatic carbocycles. The van der Waals surface area contributed by atoms with Crippen molar-refractivity contribution < 1.29 is 4.92 Å². The summed E-state index contributed by atoms with van der Waals surface area (Å²) in [5.41, 5.74) is 5.94. The van der Waals surface area contributed by atoms with Gasteiger partial charge in [0, 0.05) is 6.54 Å². The summed E-state index contributed by atoms with van der Waals surface area (Å²) in [7, 11) is 0. The molecule has 0 spiro atoms. The van der Waals surface area contributed by atoms with E-state index in [9.17, 15) is 10.1 Å². The third-order valence-corrected chi connectivity index (χ3v) is 1.58. The minimum Gasteiger partial charge on any atom is -0.396 e. The van der Waals surface area contributed by atoms with Gasteiger partial charge in [0.15, 0.2) is 0 Å². The number of nitrogens with one attached hydrogen (secondary N) is 1. The summed E-state index contributed by atoms with van der Waals surface area (Å²) in [6.07, 6.45) is 4.10. The Kier molecular flexibility index (Phi) is 6.27. The van der Waals surface area contributed by atoms with Gasteiger partial charge < -0.3 is 11.1 Å². The molecule has 0 aliphatic rings. The van der Waals surface area contributed by atoms with Gasteiger partial charge in [-0.3, -0.25) is 15.1 Å². The van der Waals surface area contributed by atoms with E-state index in [2.05, 4.69) is 16.9 Å². The number of hydrogen-bond donors (Lipinski definition) is 2. The largest absolute Gasteiger partial charge is 0.396 e. The Labute approximate surface area is 94.3 Å². The van der Waals surface area contributed by atoms with Gasteiger partial charge in [0.05, 0.1) is 16.8 Å². The van der Waals surface area contributed by atoms with Crippen molar-refractivity contribution in [2.75, 3.05) is 17.6 Å². The van der Waals surface area contributed by atoms with E-state index in [1.165, 1.54) is 6.20 Å². The van der Waals surface area contributed by atoms with Crippen LogP contribution in [0, 0.1) is 10.1 Å². The zero-order valence-electron chi connectivity index (χ0n) is 9.43. The molecule has 6 heteroatoms. The van der Waals surface area contributed by atoms with Crippen LogP contribution in [-0.2, 0) is 0 Å². The summed E-state index contributed by atoms with van der Waals surface area (Å²) in [5.74, 6) is 0. The minimum absolute atomic E-state index is 0.133. The van der Waals surface area contributed by atoms with Gasteiger partial charge in [-0.2, -0.15) is 0 Å². The van der Waals surface area contributed by atoms with E-state index in [4.69, 9.17) is 5.73 Å². The summed E-state index contributed by atoms with van der Waals surface area (Å²) in [6, 6.07) is 0. The third kappa shape index (κ3) is 3.56. The van der Waals surface area contributed by atoms with Crippen molar-refractivity contribution in [3.8, 4) is 0 Å². The first-order valence-corrected chi connectivity index (χ1v) is 4.89. The lowest BCUT2D eigenvalue weighted by atomic mass is 10.3. The number of nitrogen functional groups attached to an aromatic ring is 1. The molecule has 0 amide bonds. The average molecular weight is 224 g/mol. The van der Waals surface area contributed by atoms with Crippen molar-refractivity contribution in [1.82, 2.24) is 4.98 Å². The van der Waals surface area contributed by atoms with Crippen LogP contribution in [0.25, 0.3) is 0 Å². The lowest BCUT2D eigenvalue weighted by molar-refractivity contribution is -0.384. The van der Waals surface area contributed by atoms with Crippen molar-refractivity contribution in [1.29, 1.82) is 0 Å². The molecule has 1 heterocycles. The molecule has 6 nitrogen and oxygen atoms in total. The second-order valence-corrected chi connectivity index (χ2v) is 2.55. The zero-order valence-corrected chi connectivity index (χ0v) is 9.43. The highest BCUT2D eigenvalue weighted by atomic mass is 16.6.